The lowest BCUT2D eigenvalue weighted by Gasteiger charge is -2.23. The van der Waals surface area contributed by atoms with Crippen molar-refractivity contribution < 1.29 is 4.74 Å². The molecule has 24 heavy (non-hydrogen) atoms. The van der Waals surface area contributed by atoms with Crippen LogP contribution in [-0.4, -0.2) is 59.5 Å². The highest BCUT2D eigenvalue weighted by Crippen LogP contribution is 2.34. The van der Waals surface area contributed by atoms with Crippen LogP contribution in [0.4, 0.5) is 5.82 Å². The smallest absolute Gasteiger partial charge is 0.160 e. The molecular weight excluding hydrogens is 326 g/mol. The summed E-state index contributed by atoms with van der Waals surface area (Å²) < 4.78 is 7.97. The summed E-state index contributed by atoms with van der Waals surface area (Å²) in [5.74, 6) is 1.01. The van der Waals surface area contributed by atoms with E-state index in [1.807, 2.05) is 16.9 Å². The summed E-state index contributed by atoms with van der Waals surface area (Å²) >= 11 is 6.15. The predicted molar refractivity (Wildman–Crippen MR) is 95.7 cm³/mol. The SMILES string of the molecule is CN(C)C1CCN(c2nn(C3CCCCO3)c3cc(Cl)ncc23)C1. The van der Waals surface area contributed by atoms with Crippen molar-refractivity contribution in [3.05, 3.63) is 17.4 Å². The van der Waals surface area contributed by atoms with Gasteiger partial charge in [-0.2, -0.15) is 5.10 Å². The Morgan fingerprint density at radius 2 is 2.17 bits per heavy atom. The third-order valence-electron chi connectivity index (χ3n) is 5.16. The van der Waals surface area contributed by atoms with Gasteiger partial charge < -0.3 is 14.5 Å². The highest BCUT2D eigenvalue weighted by Gasteiger charge is 2.29. The lowest BCUT2D eigenvalue weighted by molar-refractivity contribution is -0.0365. The Bertz CT molecular complexity index is 725. The highest BCUT2D eigenvalue weighted by atomic mass is 35.5. The molecule has 0 aromatic carbocycles. The van der Waals surface area contributed by atoms with E-state index in [0.717, 1.165) is 55.7 Å². The number of halogens is 1. The number of anilines is 1. The van der Waals surface area contributed by atoms with Crippen molar-refractivity contribution in [2.75, 3.05) is 38.7 Å². The van der Waals surface area contributed by atoms with Gasteiger partial charge >= 0.3 is 0 Å². The van der Waals surface area contributed by atoms with E-state index < -0.39 is 0 Å². The molecule has 0 amide bonds. The maximum atomic E-state index is 6.15. The summed E-state index contributed by atoms with van der Waals surface area (Å²) in [7, 11) is 4.28. The molecule has 2 fully saturated rings. The number of aromatic nitrogens is 3. The number of hydrogen-bond donors (Lipinski definition) is 0. The molecule has 4 rings (SSSR count). The van der Waals surface area contributed by atoms with Gasteiger partial charge in [0, 0.05) is 38.0 Å². The average Bonchev–Trinajstić information content (AvgIpc) is 3.20. The topological polar surface area (TPSA) is 46.4 Å². The fraction of sp³-hybridized carbons (Fsp3) is 0.647. The highest BCUT2D eigenvalue weighted by molar-refractivity contribution is 6.30. The summed E-state index contributed by atoms with van der Waals surface area (Å²) in [6.07, 6.45) is 6.30. The second-order valence-electron chi connectivity index (χ2n) is 6.97. The summed E-state index contributed by atoms with van der Waals surface area (Å²) in [5, 5.41) is 6.49. The Hall–Kier alpha value is -1.37. The summed E-state index contributed by atoms with van der Waals surface area (Å²) in [6.45, 7) is 2.81. The molecule has 0 spiro atoms. The molecule has 2 aliphatic heterocycles. The maximum absolute atomic E-state index is 6.15. The van der Waals surface area contributed by atoms with Crippen molar-refractivity contribution in [1.82, 2.24) is 19.7 Å². The average molecular weight is 350 g/mol. The second-order valence-corrected chi connectivity index (χ2v) is 7.35. The van der Waals surface area contributed by atoms with Crippen LogP contribution in [0.25, 0.3) is 10.9 Å². The lowest BCUT2D eigenvalue weighted by atomic mass is 10.2. The Labute approximate surface area is 147 Å². The molecule has 2 aromatic heterocycles. The van der Waals surface area contributed by atoms with E-state index in [2.05, 4.69) is 28.9 Å². The molecule has 2 aliphatic rings. The van der Waals surface area contributed by atoms with Crippen molar-refractivity contribution in [3.63, 3.8) is 0 Å². The Morgan fingerprint density at radius 3 is 2.88 bits per heavy atom. The van der Waals surface area contributed by atoms with Gasteiger partial charge in [-0.3, -0.25) is 0 Å². The van der Waals surface area contributed by atoms with Gasteiger partial charge in [0.15, 0.2) is 12.0 Å². The van der Waals surface area contributed by atoms with Crippen LogP contribution in [0.3, 0.4) is 0 Å². The van der Waals surface area contributed by atoms with Crippen molar-refractivity contribution in [2.45, 2.75) is 38.0 Å². The van der Waals surface area contributed by atoms with Crippen LogP contribution >= 0.6 is 11.6 Å². The number of nitrogens with zero attached hydrogens (tertiary/aromatic N) is 5. The predicted octanol–water partition coefficient (Wildman–Crippen LogP) is 2.92. The monoisotopic (exact) mass is 349 g/mol. The molecule has 2 unspecified atom stereocenters. The lowest BCUT2D eigenvalue weighted by Crippen LogP contribution is -2.31. The summed E-state index contributed by atoms with van der Waals surface area (Å²) in [6, 6.07) is 2.47. The summed E-state index contributed by atoms with van der Waals surface area (Å²) in [4.78, 5) is 8.94. The zero-order chi connectivity index (χ0) is 16.7. The Balaban J connectivity index is 1.73. The standard InChI is InChI=1S/C17H24ClN5O/c1-21(2)12-6-7-22(11-12)17-13-10-19-15(18)9-14(13)23(20-17)16-5-3-4-8-24-16/h9-10,12,16H,3-8,11H2,1-2H3. The van der Waals surface area contributed by atoms with E-state index in [4.69, 9.17) is 21.4 Å². The largest absolute Gasteiger partial charge is 0.356 e. The van der Waals surface area contributed by atoms with E-state index in [9.17, 15) is 0 Å². The quantitative estimate of drug-likeness (QED) is 0.797. The zero-order valence-corrected chi connectivity index (χ0v) is 15.0. The Morgan fingerprint density at radius 1 is 1.29 bits per heavy atom. The molecule has 0 saturated carbocycles. The number of hydrogen-bond acceptors (Lipinski definition) is 5. The third kappa shape index (κ3) is 2.87. The molecule has 4 heterocycles. The second kappa shape index (κ2) is 6.50. The van der Waals surface area contributed by atoms with E-state index >= 15 is 0 Å². The van der Waals surface area contributed by atoms with Gasteiger partial charge in [-0.1, -0.05) is 11.6 Å². The minimum absolute atomic E-state index is 0.000662. The van der Waals surface area contributed by atoms with Gasteiger partial charge in [-0.05, 0) is 39.8 Å². The number of rotatable bonds is 3. The Kier molecular flexibility index (Phi) is 4.37. The van der Waals surface area contributed by atoms with Crippen molar-refractivity contribution in [3.8, 4) is 0 Å². The van der Waals surface area contributed by atoms with Crippen LogP contribution < -0.4 is 4.90 Å². The van der Waals surface area contributed by atoms with Gasteiger partial charge in [0.25, 0.3) is 0 Å². The van der Waals surface area contributed by atoms with Gasteiger partial charge in [0.1, 0.15) is 5.15 Å². The van der Waals surface area contributed by atoms with Crippen molar-refractivity contribution in [2.24, 2.45) is 0 Å². The first-order valence-corrected chi connectivity index (χ1v) is 9.08. The number of ether oxygens (including phenoxy) is 1. The van der Waals surface area contributed by atoms with Crippen LogP contribution in [0.2, 0.25) is 5.15 Å². The van der Waals surface area contributed by atoms with Gasteiger partial charge in [-0.25, -0.2) is 9.67 Å². The summed E-state index contributed by atoms with van der Waals surface area (Å²) in [5.41, 5.74) is 1.02. The molecule has 6 nitrogen and oxygen atoms in total. The molecule has 0 bridgehead atoms. The molecule has 2 atom stereocenters. The molecule has 0 aliphatic carbocycles. The van der Waals surface area contributed by atoms with Crippen LogP contribution in [0.1, 0.15) is 31.9 Å². The molecular formula is C17H24ClN5O. The van der Waals surface area contributed by atoms with Crippen LogP contribution in [-0.2, 0) is 4.74 Å². The first-order chi connectivity index (χ1) is 11.6. The minimum Gasteiger partial charge on any atom is -0.356 e. The molecule has 0 radical (unpaired) electrons. The van der Waals surface area contributed by atoms with Crippen LogP contribution in [0.5, 0.6) is 0 Å². The van der Waals surface area contributed by atoms with Gasteiger partial charge in [0.05, 0.1) is 10.9 Å². The third-order valence-corrected chi connectivity index (χ3v) is 5.37. The molecule has 2 aromatic rings. The van der Waals surface area contributed by atoms with E-state index in [-0.39, 0.29) is 6.23 Å². The number of likely N-dealkylation sites (N-methyl/N-ethyl adjacent to an activating group) is 1. The number of fused-ring (bicyclic) bond motifs is 1. The van der Waals surface area contributed by atoms with E-state index in [0.29, 0.717) is 11.2 Å². The zero-order valence-electron chi connectivity index (χ0n) is 14.3. The fourth-order valence-electron chi connectivity index (χ4n) is 3.72. The molecule has 130 valence electrons. The van der Waals surface area contributed by atoms with Gasteiger partial charge in [-0.15, -0.1) is 0 Å². The fourth-order valence-corrected chi connectivity index (χ4v) is 3.87. The molecule has 7 heteroatoms. The van der Waals surface area contributed by atoms with Crippen molar-refractivity contribution >= 4 is 28.3 Å². The first kappa shape index (κ1) is 16.1. The molecule has 2 saturated heterocycles. The van der Waals surface area contributed by atoms with Crippen LogP contribution in [0.15, 0.2) is 12.3 Å². The normalized spacial score (nSPS) is 25.1. The van der Waals surface area contributed by atoms with E-state index in [1.54, 1.807) is 0 Å². The maximum Gasteiger partial charge on any atom is 0.160 e. The van der Waals surface area contributed by atoms with E-state index in [1.165, 1.54) is 6.42 Å². The minimum atomic E-state index is 0.000662. The van der Waals surface area contributed by atoms with Crippen LogP contribution in [0, 0.1) is 0 Å². The number of pyridine rings is 1. The first-order valence-electron chi connectivity index (χ1n) is 8.70. The van der Waals surface area contributed by atoms with Crippen molar-refractivity contribution in [1.29, 1.82) is 0 Å². The van der Waals surface area contributed by atoms with Gasteiger partial charge in [0.2, 0.25) is 0 Å². The molecule has 0 N–H and O–H groups in total.